The van der Waals surface area contributed by atoms with Crippen molar-refractivity contribution in [2.75, 3.05) is 24.6 Å². The van der Waals surface area contributed by atoms with Gasteiger partial charge in [0.1, 0.15) is 0 Å². The summed E-state index contributed by atoms with van der Waals surface area (Å²) in [5.74, 6) is 0.453. The lowest BCUT2D eigenvalue weighted by Gasteiger charge is -2.23. The summed E-state index contributed by atoms with van der Waals surface area (Å²) in [7, 11) is -2.90. The number of carbonyl (C=O) groups is 1. The van der Waals surface area contributed by atoms with Crippen LogP contribution in [0.15, 0.2) is 0 Å². The molecule has 6 heteroatoms. The third-order valence-electron chi connectivity index (χ3n) is 3.34. The van der Waals surface area contributed by atoms with E-state index in [1.54, 1.807) is 4.90 Å². The highest BCUT2D eigenvalue weighted by molar-refractivity contribution is 7.91. The summed E-state index contributed by atoms with van der Waals surface area (Å²) in [5.41, 5.74) is 0. The maximum Gasteiger partial charge on any atom is 0.240 e. The number of sulfone groups is 1. The summed E-state index contributed by atoms with van der Waals surface area (Å²) < 4.78 is 22.7. The Morgan fingerprint density at radius 2 is 2.19 bits per heavy atom. The predicted molar refractivity (Wildman–Crippen MR) is 60.9 cm³/mol. The highest BCUT2D eigenvalue weighted by atomic mass is 32.2. The quantitative estimate of drug-likeness (QED) is 0.721. The summed E-state index contributed by atoms with van der Waals surface area (Å²) in [6.07, 6.45) is 1.40. The number of carbonyl (C=O) groups excluding carboxylic acids is 1. The second-order valence-electron chi connectivity index (χ2n) is 4.49. The molecule has 1 N–H and O–H groups in total. The Kier molecular flexibility index (Phi) is 3.21. The van der Waals surface area contributed by atoms with E-state index in [2.05, 4.69) is 5.32 Å². The van der Waals surface area contributed by atoms with Gasteiger partial charge in [-0.15, -0.1) is 0 Å². The molecule has 2 saturated heterocycles. The first-order valence-electron chi connectivity index (χ1n) is 5.78. The van der Waals surface area contributed by atoms with E-state index >= 15 is 0 Å². The molecule has 0 spiro atoms. The number of nitrogens with one attached hydrogen (secondary N) is 1. The van der Waals surface area contributed by atoms with Crippen LogP contribution in [0, 0.1) is 0 Å². The highest BCUT2D eigenvalue weighted by Gasteiger charge is 2.40. The lowest BCUT2D eigenvalue weighted by molar-refractivity contribution is -0.130. The largest absolute Gasteiger partial charge is 0.337 e. The van der Waals surface area contributed by atoms with E-state index < -0.39 is 9.84 Å². The molecule has 0 saturated carbocycles. The monoisotopic (exact) mass is 246 g/mol. The van der Waals surface area contributed by atoms with Crippen molar-refractivity contribution in [2.45, 2.75) is 31.8 Å². The lowest BCUT2D eigenvalue weighted by atomic mass is 10.2. The van der Waals surface area contributed by atoms with Gasteiger partial charge in [-0.25, -0.2) is 8.42 Å². The van der Waals surface area contributed by atoms with Crippen LogP contribution in [0.3, 0.4) is 0 Å². The van der Waals surface area contributed by atoms with E-state index in [4.69, 9.17) is 0 Å². The Balaban J connectivity index is 2.00. The molecule has 2 rings (SSSR count). The minimum absolute atomic E-state index is 0.0731. The molecule has 92 valence electrons. The fourth-order valence-electron chi connectivity index (χ4n) is 2.52. The van der Waals surface area contributed by atoms with Crippen molar-refractivity contribution >= 4 is 15.7 Å². The molecule has 2 atom stereocenters. The predicted octanol–water partition coefficient (Wildman–Crippen LogP) is -0.616. The lowest BCUT2D eigenvalue weighted by Crippen LogP contribution is -2.43. The summed E-state index contributed by atoms with van der Waals surface area (Å²) in [6.45, 7) is 3.43. The summed E-state index contributed by atoms with van der Waals surface area (Å²) in [6, 6.07) is -0.186. The molecule has 0 aromatic rings. The number of likely N-dealkylation sites (tertiary alicyclic amines) is 1. The highest BCUT2D eigenvalue weighted by Crippen LogP contribution is 2.23. The van der Waals surface area contributed by atoms with Crippen LogP contribution < -0.4 is 5.32 Å². The number of nitrogens with zero attached hydrogens (tertiary/aromatic N) is 1. The summed E-state index contributed by atoms with van der Waals surface area (Å²) in [4.78, 5) is 13.7. The molecular weight excluding hydrogens is 228 g/mol. The number of hydrogen-bond donors (Lipinski definition) is 1. The SMILES string of the molecule is CCNC1CCN(C2CCS(=O)(=O)C2)C1=O. The van der Waals surface area contributed by atoms with Crippen LogP contribution in [0.25, 0.3) is 0 Å². The third-order valence-corrected chi connectivity index (χ3v) is 5.09. The van der Waals surface area contributed by atoms with Crippen LogP contribution in [0.1, 0.15) is 19.8 Å². The second kappa shape index (κ2) is 4.33. The van der Waals surface area contributed by atoms with Gasteiger partial charge in [0.05, 0.1) is 17.5 Å². The Morgan fingerprint density at radius 3 is 2.75 bits per heavy atom. The number of hydrogen-bond acceptors (Lipinski definition) is 4. The van der Waals surface area contributed by atoms with Crippen LogP contribution in [-0.2, 0) is 14.6 Å². The zero-order valence-corrected chi connectivity index (χ0v) is 10.3. The fourth-order valence-corrected chi connectivity index (χ4v) is 4.25. The topological polar surface area (TPSA) is 66.5 Å². The van der Waals surface area contributed by atoms with Crippen LogP contribution in [0.4, 0.5) is 0 Å². The molecular formula is C10H18N2O3S. The molecule has 2 unspecified atom stereocenters. The van der Waals surface area contributed by atoms with Gasteiger partial charge in [-0.05, 0) is 19.4 Å². The molecule has 2 heterocycles. The van der Waals surface area contributed by atoms with Crippen LogP contribution >= 0.6 is 0 Å². The van der Waals surface area contributed by atoms with Gasteiger partial charge in [-0.1, -0.05) is 6.92 Å². The molecule has 2 fully saturated rings. The number of amides is 1. The van der Waals surface area contributed by atoms with Gasteiger partial charge in [0.2, 0.25) is 5.91 Å². The number of rotatable bonds is 3. The van der Waals surface area contributed by atoms with Crippen LogP contribution in [0.2, 0.25) is 0 Å². The molecule has 0 aromatic heterocycles. The van der Waals surface area contributed by atoms with E-state index in [0.717, 1.165) is 13.0 Å². The molecule has 0 aliphatic carbocycles. The van der Waals surface area contributed by atoms with Gasteiger partial charge < -0.3 is 10.2 Å². The van der Waals surface area contributed by atoms with E-state index in [1.807, 2.05) is 6.92 Å². The molecule has 1 amide bonds. The second-order valence-corrected chi connectivity index (χ2v) is 6.72. The molecule has 16 heavy (non-hydrogen) atoms. The maximum atomic E-state index is 12.0. The third kappa shape index (κ3) is 2.22. The van der Waals surface area contributed by atoms with Crippen molar-refractivity contribution in [2.24, 2.45) is 0 Å². The van der Waals surface area contributed by atoms with E-state index in [1.165, 1.54) is 0 Å². The van der Waals surface area contributed by atoms with Gasteiger partial charge in [0, 0.05) is 12.6 Å². The summed E-state index contributed by atoms with van der Waals surface area (Å²) in [5, 5.41) is 3.13. The van der Waals surface area contributed by atoms with E-state index in [-0.39, 0.29) is 29.5 Å². The Bertz CT molecular complexity index is 380. The standard InChI is InChI=1S/C10H18N2O3S/c1-2-11-9-3-5-12(10(9)13)8-4-6-16(14,15)7-8/h8-9,11H,2-7H2,1H3. The first-order chi connectivity index (χ1) is 7.53. The zero-order chi connectivity index (χ0) is 11.8. The number of likely N-dealkylation sites (N-methyl/N-ethyl adjacent to an activating group) is 1. The molecule has 0 bridgehead atoms. The molecule has 0 aromatic carbocycles. The molecule has 2 aliphatic heterocycles. The van der Waals surface area contributed by atoms with E-state index in [0.29, 0.717) is 13.0 Å². The fraction of sp³-hybridized carbons (Fsp3) is 0.900. The Hall–Kier alpha value is -0.620. The van der Waals surface area contributed by atoms with Gasteiger partial charge in [0.15, 0.2) is 9.84 Å². The van der Waals surface area contributed by atoms with Crippen molar-refractivity contribution < 1.29 is 13.2 Å². The van der Waals surface area contributed by atoms with Gasteiger partial charge in [-0.3, -0.25) is 4.79 Å². The van der Waals surface area contributed by atoms with Crippen molar-refractivity contribution in [1.82, 2.24) is 10.2 Å². The smallest absolute Gasteiger partial charge is 0.240 e. The van der Waals surface area contributed by atoms with Gasteiger partial charge >= 0.3 is 0 Å². The first-order valence-corrected chi connectivity index (χ1v) is 7.60. The van der Waals surface area contributed by atoms with Crippen molar-refractivity contribution in [3.8, 4) is 0 Å². The minimum atomic E-state index is -2.90. The Morgan fingerprint density at radius 1 is 1.44 bits per heavy atom. The normalized spacial score (nSPS) is 33.6. The molecule has 5 nitrogen and oxygen atoms in total. The van der Waals surface area contributed by atoms with Gasteiger partial charge in [0.25, 0.3) is 0 Å². The van der Waals surface area contributed by atoms with E-state index in [9.17, 15) is 13.2 Å². The maximum absolute atomic E-state index is 12.0. The summed E-state index contributed by atoms with van der Waals surface area (Å²) >= 11 is 0. The van der Waals surface area contributed by atoms with Crippen molar-refractivity contribution in [3.63, 3.8) is 0 Å². The van der Waals surface area contributed by atoms with Gasteiger partial charge in [-0.2, -0.15) is 0 Å². The first kappa shape index (κ1) is 11.9. The van der Waals surface area contributed by atoms with Crippen molar-refractivity contribution in [3.05, 3.63) is 0 Å². The average molecular weight is 246 g/mol. The zero-order valence-electron chi connectivity index (χ0n) is 9.48. The van der Waals surface area contributed by atoms with Crippen LogP contribution in [0.5, 0.6) is 0 Å². The van der Waals surface area contributed by atoms with Crippen LogP contribution in [-0.4, -0.2) is 55.9 Å². The Labute approximate surface area is 96.1 Å². The average Bonchev–Trinajstić information content (AvgIpc) is 2.72. The molecule has 2 aliphatic rings. The minimum Gasteiger partial charge on any atom is -0.337 e. The molecule has 0 radical (unpaired) electrons. The van der Waals surface area contributed by atoms with Crippen molar-refractivity contribution in [1.29, 1.82) is 0 Å².